The Kier molecular flexibility index (Phi) is 3.19. The number of hydrogen-bond acceptors (Lipinski definition) is 3. The first-order chi connectivity index (χ1) is 8.54. The van der Waals surface area contributed by atoms with E-state index in [4.69, 9.17) is 5.73 Å². The van der Waals surface area contributed by atoms with Crippen molar-refractivity contribution < 1.29 is 4.79 Å². The molecule has 2 N–H and O–H groups in total. The van der Waals surface area contributed by atoms with Crippen LogP contribution in [0.25, 0.3) is 10.9 Å². The van der Waals surface area contributed by atoms with Gasteiger partial charge in [0.1, 0.15) is 0 Å². The van der Waals surface area contributed by atoms with Crippen molar-refractivity contribution in [2.24, 2.45) is 0 Å². The quantitative estimate of drug-likeness (QED) is 0.824. The van der Waals surface area contributed by atoms with E-state index in [0.29, 0.717) is 29.6 Å². The number of fused-ring (bicyclic) bond motifs is 1. The first-order valence-corrected chi connectivity index (χ1v) is 5.99. The Bertz CT molecular complexity index is 671. The number of aryl methyl sites for hydroxylation is 1. The predicted molar refractivity (Wildman–Crippen MR) is 72.9 cm³/mol. The van der Waals surface area contributed by atoms with Gasteiger partial charge in [0.15, 0.2) is 0 Å². The lowest BCUT2D eigenvalue weighted by Gasteiger charge is -2.10. The van der Waals surface area contributed by atoms with Crippen LogP contribution in [-0.4, -0.2) is 10.5 Å². The van der Waals surface area contributed by atoms with E-state index in [9.17, 15) is 9.59 Å². The Morgan fingerprint density at radius 3 is 2.72 bits per heavy atom. The summed E-state index contributed by atoms with van der Waals surface area (Å²) in [5.74, 6) is -0.179. The maximum atomic E-state index is 12.1. The van der Waals surface area contributed by atoms with Crippen molar-refractivity contribution in [3.63, 3.8) is 0 Å². The van der Waals surface area contributed by atoms with Crippen LogP contribution in [0.5, 0.6) is 0 Å². The fourth-order valence-electron chi connectivity index (χ4n) is 2.03. The zero-order chi connectivity index (χ0) is 13.3. The summed E-state index contributed by atoms with van der Waals surface area (Å²) in [4.78, 5) is 24.2. The van der Waals surface area contributed by atoms with Gasteiger partial charge in [0.05, 0.1) is 5.52 Å². The monoisotopic (exact) mass is 244 g/mol. The van der Waals surface area contributed by atoms with Crippen LogP contribution < -0.4 is 11.3 Å². The van der Waals surface area contributed by atoms with Gasteiger partial charge >= 0.3 is 0 Å². The molecule has 2 aromatic rings. The lowest BCUT2D eigenvalue weighted by Crippen LogP contribution is -2.28. The molecule has 0 aliphatic heterocycles. The number of benzene rings is 1. The van der Waals surface area contributed by atoms with E-state index in [2.05, 4.69) is 0 Å². The summed E-state index contributed by atoms with van der Waals surface area (Å²) in [6.45, 7) is 3.63. The molecule has 0 spiro atoms. The minimum absolute atomic E-state index is 0.179. The highest BCUT2D eigenvalue weighted by atomic mass is 16.2. The van der Waals surface area contributed by atoms with Crippen LogP contribution in [0.1, 0.15) is 30.1 Å². The number of hydrogen-bond donors (Lipinski definition) is 1. The van der Waals surface area contributed by atoms with Gasteiger partial charge in [-0.05, 0) is 36.9 Å². The number of nitrogens with two attached hydrogens (primary N) is 1. The van der Waals surface area contributed by atoms with Crippen molar-refractivity contribution in [3.05, 3.63) is 40.2 Å². The van der Waals surface area contributed by atoms with Gasteiger partial charge in [0.25, 0.3) is 5.56 Å². The molecule has 1 aromatic heterocycles. The molecule has 1 heterocycles. The number of nitrogen functional groups attached to an aromatic ring is 1. The van der Waals surface area contributed by atoms with E-state index in [1.807, 2.05) is 13.0 Å². The van der Waals surface area contributed by atoms with E-state index in [-0.39, 0.29) is 11.5 Å². The fourth-order valence-corrected chi connectivity index (χ4v) is 2.03. The topological polar surface area (TPSA) is 65.1 Å². The molecule has 0 saturated heterocycles. The summed E-state index contributed by atoms with van der Waals surface area (Å²) in [5.41, 5.74) is 7.17. The van der Waals surface area contributed by atoms with Crippen molar-refractivity contribution in [3.8, 4) is 0 Å². The van der Waals surface area contributed by atoms with Crippen LogP contribution in [0.3, 0.4) is 0 Å². The second kappa shape index (κ2) is 4.64. The summed E-state index contributed by atoms with van der Waals surface area (Å²) < 4.78 is 1.24. The molecule has 0 bridgehead atoms. The summed E-state index contributed by atoms with van der Waals surface area (Å²) in [5, 5.41) is 0.853. The molecule has 2 rings (SSSR count). The third-order valence-electron chi connectivity index (χ3n) is 2.92. The number of aromatic nitrogens is 1. The molecule has 0 aliphatic carbocycles. The predicted octanol–water partition coefficient (Wildman–Crippen LogP) is 2.33. The molecular formula is C14H16N2O2. The molecule has 4 nitrogen and oxygen atoms in total. The molecule has 1 aromatic carbocycles. The highest BCUT2D eigenvalue weighted by Crippen LogP contribution is 2.17. The third-order valence-corrected chi connectivity index (χ3v) is 2.92. The molecule has 0 amide bonds. The summed E-state index contributed by atoms with van der Waals surface area (Å²) in [6, 6.07) is 7.05. The zero-order valence-electron chi connectivity index (χ0n) is 10.6. The van der Waals surface area contributed by atoms with Gasteiger partial charge in [-0.3, -0.25) is 9.59 Å². The number of pyridine rings is 1. The molecule has 18 heavy (non-hydrogen) atoms. The van der Waals surface area contributed by atoms with Crippen LogP contribution in [0.4, 0.5) is 5.69 Å². The molecule has 0 aliphatic rings. The van der Waals surface area contributed by atoms with E-state index in [1.54, 1.807) is 25.1 Å². The zero-order valence-corrected chi connectivity index (χ0v) is 10.6. The molecule has 0 radical (unpaired) electrons. The summed E-state index contributed by atoms with van der Waals surface area (Å²) in [7, 11) is 0. The van der Waals surface area contributed by atoms with Crippen molar-refractivity contribution in [1.82, 2.24) is 4.57 Å². The maximum Gasteiger partial charge on any atom is 0.260 e. The first-order valence-electron chi connectivity index (χ1n) is 5.99. The smallest absolute Gasteiger partial charge is 0.260 e. The normalized spacial score (nSPS) is 10.8. The fraction of sp³-hybridized carbons (Fsp3) is 0.286. The Morgan fingerprint density at radius 2 is 2.06 bits per heavy atom. The van der Waals surface area contributed by atoms with Crippen LogP contribution in [0, 0.1) is 6.92 Å². The molecular weight excluding hydrogens is 228 g/mol. The lowest BCUT2D eigenvalue weighted by molar-refractivity contribution is 0.0903. The number of rotatable bonds is 2. The second-order valence-corrected chi connectivity index (χ2v) is 4.43. The van der Waals surface area contributed by atoms with Crippen LogP contribution >= 0.6 is 0 Å². The van der Waals surface area contributed by atoms with Crippen molar-refractivity contribution in [1.29, 1.82) is 0 Å². The van der Waals surface area contributed by atoms with Crippen molar-refractivity contribution in [2.45, 2.75) is 26.7 Å². The Hall–Kier alpha value is -2.10. The Morgan fingerprint density at radius 1 is 1.33 bits per heavy atom. The van der Waals surface area contributed by atoms with E-state index < -0.39 is 0 Å². The standard InChI is InChI=1S/C14H16N2O2/c1-3-4-13(17)16-12-8-11(15)6-5-10(12)7-9(2)14(16)18/h5-8H,3-4,15H2,1-2H3. The van der Waals surface area contributed by atoms with Gasteiger partial charge in [-0.1, -0.05) is 13.0 Å². The Balaban J connectivity index is 2.82. The van der Waals surface area contributed by atoms with Crippen molar-refractivity contribution in [2.75, 3.05) is 5.73 Å². The minimum atomic E-state index is -0.258. The van der Waals surface area contributed by atoms with Crippen LogP contribution in [0.2, 0.25) is 0 Å². The van der Waals surface area contributed by atoms with Crippen molar-refractivity contribution >= 4 is 22.5 Å². The van der Waals surface area contributed by atoms with Crippen LogP contribution in [-0.2, 0) is 0 Å². The Labute approximate surface area is 105 Å². The van der Waals surface area contributed by atoms with Gasteiger partial charge in [-0.25, -0.2) is 4.57 Å². The highest BCUT2D eigenvalue weighted by molar-refractivity contribution is 5.92. The average molecular weight is 244 g/mol. The first kappa shape index (κ1) is 12.4. The SMILES string of the molecule is CCCC(=O)n1c(=O)c(C)cc2ccc(N)cc21. The molecule has 0 atom stereocenters. The second-order valence-electron chi connectivity index (χ2n) is 4.43. The highest BCUT2D eigenvalue weighted by Gasteiger charge is 2.12. The number of anilines is 1. The number of carbonyl (C=O) groups is 1. The van der Waals surface area contributed by atoms with Gasteiger partial charge in [-0.2, -0.15) is 0 Å². The summed E-state index contributed by atoms with van der Waals surface area (Å²) >= 11 is 0. The number of nitrogens with zero attached hydrogens (tertiary/aromatic N) is 1. The van der Waals surface area contributed by atoms with Gasteiger partial charge < -0.3 is 5.73 Å². The van der Waals surface area contributed by atoms with Crippen LogP contribution in [0.15, 0.2) is 29.1 Å². The molecule has 0 saturated carbocycles. The average Bonchev–Trinajstić information content (AvgIpc) is 2.31. The van der Waals surface area contributed by atoms with Gasteiger partial charge in [-0.15, -0.1) is 0 Å². The van der Waals surface area contributed by atoms with E-state index in [0.717, 1.165) is 5.39 Å². The van der Waals surface area contributed by atoms with E-state index in [1.165, 1.54) is 4.57 Å². The number of carbonyl (C=O) groups excluding carboxylic acids is 1. The largest absolute Gasteiger partial charge is 0.399 e. The molecule has 4 heteroatoms. The van der Waals surface area contributed by atoms with Gasteiger partial charge in [0.2, 0.25) is 5.91 Å². The molecule has 0 fully saturated rings. The third kappa shape index (κ3) is 2.01. The molecule has 0 unspecified atom stereocenters. The summed E-state index contributed by atoms with van der Waals surface area (Å²) in [6.07, 6.45) is 1.07. The lowest BCUT2D eigenvalue weighted by atomic mass is 10.1. The molecule has 94 valence electrons. The van der Waals surface area contributed by atoms with Gasteiger partial charge in [0, 0.05) is 17.7 Å². The van der Waals surface area contributed by atoms with E-state index >= 15 is 0 Å². The maximum absolute atomic E-state index is 12.1. The minimum Gasteiger partial charge on any atom is -0.399 e.